The van der Waals surface area contributed by atoms with E-state index in [0.717, 1.165) is 56.5 Å². The predicted octanol–water partition coefficient (Wildman–Crippen LogP) is 12.6. The molecule has 15 heteroatoms. The molecular formula is C58H72N2O13. The van der Waals surface area contributed by atoms with Gasteiger partial charge in [0.2, 0.25) is 6.54 Å². The van der Waals surface area contributed by atoms with E-state index in [1.165, 1.54) is 0 Å². The van der Waals surface area contributed by atoms with E-state index in [-0.39, 0.29) is 74.2 Å². The standard InChI is InChI=1S/C28H29NO6.C26H27NO7.4CH4/c1-31-23-9-3-20(4-10-23)18-33-25-13-7-22(8-14-25)26(27-15-16-35-29-27)17-28(30)34-19-21-5-11-24(32-2)12-6-21;1-31-23-9-3-19(4-10-23)17-33-25-13-7-21(8-14-25)22(16-27(29)30)15-26(28)34-18-20-5-11-24(32-2)12-6-20;;;;/h3-14,26H,15-19H2,1-2H3;3-14,22H,15-18H2,1-2H3;4*1H4. The van der Waals surface area contributed by atoms with Crippen molar-refractivity contribution in [1.82, 2.24) is 0 Å². The molecule has 1 aliphatic rings. The van der Waals surface area contributed by atoms with Crippen molar-refractivity contribution in [2.75, 3.05) is 41.6 Å². The average molecular weight is 1010 g/mol. The molecule has 392 valence electrons. The zero-order valence-electron chi connectivity index (χ0n) is 39.1. The number of nitro groups is 1. The van der Waals surface area contributed by atoms with Crippen LogP contribution in [-0.2, 0) is 50.3 Å². The first-order valence-corrected chi connectivity index (χ1v) is 22.2. The van der Waals surface area contributed by atoms with Crippen LogP contribution in [0.1, 0.15) is 94.2 Å². The first kappa shape index (κ1) is 61.1. The molecule has 0 fully saturated rings. The molecule has 0 aliphatic carbocycles. The Morgan fingerprint density at radius 1 is 0.507 bits per heavy atom. The van der Waals surface area contributed by atoms with Gasteiger partial charge in [0.25, 0.3) is 0 Å². The van der Waals surface area contributed by atoms with Crippen molar-refractivity contribution in [3.05, 3.63) is 189 Å². The molecule has 2 unspecified atom stereocenters. The first-order valence-electron chi connectivity index (χ1n) is 22.2. The number of methoxy groups -OCH3 is 4. The van der Waals surface area contributed by atoms with Crippen LogP contribution in [-0.4, -0.2) is 64.2 Å². The van der Waals surface area contributed by atoms with Gasteiger partial charge in [0, 0.05) is 17.3 Å². The summed E-state index contributed by atoms with van der Waals surface area (Å²) < 4.78 is 43.2. The number of rotatable bonds is 23. The van der Waals surface area contributed by atoms with Crippen molar-refractivity contribution in [2.24, 2.45) is 5.16 Å². The van der Waals surface area contributed by atoms with Crippen molar-refractivity contribution >= 4 is 17.7 Å². The third-order valence-electron chi connectivity index (χ3n) is 11.1. The fourth-order valence-corrected chi connectivity index (χ4v) is 7.12. The SMILES string of the molecule is C.C.C.C.COc1ccc(COC(=O)CC(C2=NOCC2)c2ccc(OCc3ccc(OC)cc3)cc2)cc1.COc1ccc(COC(=O)CC(C[N+](=O)[O-])c2ccc(OCc3ccc(OC)cc3)cc2)cc1. The topological polar surface area (TPSA) is 173 Å². The molecule has 6 aromatic carbocycles. The van der Waals surface area contributed by atoms with Crippen LogP contribution >= 0.6 is 0 Å². The summed E-state index contributed by atoms with van der Waals surface area (Å²) in [6, 6.07) is 44.6. The van der Waals surface area contributed by atoms with Crippen LogP contribution in [0.15, 0.2) is 151 Å². The van der Waals surface area contributed by atoms with Gasteiger partial charge in [0.15, 0.2) is 0 Å². The van der Waals surface area contributed by atoms with E-state index >= 15 is 0 Å². The number of carbonyl (C=O) groups excluding carboxylic acids is 2. The summed E-state index contributed by atoms with van der Waals surface area (Å²) in [5, 5.41) is 15.4. The Morgan fingerprint density at radius 2 is 0.849 bits per heavy atom. The Labute approximate surface area is 431 Å². The number of ether oxygens (including phenoxy) is 8. The number of hydrogen-bond donors (Lipinski definition) is 0. The van der Waals surface area contributed by atoms with Crippen LogP contribution in [0.3, 0.4) is 0 Å². The predicted molar refractivity (Wildman–Crippen MR) is 285 cm³/mol. The number of hydrogen-bond acceptors (Lipinski definition) is 14. The minimum absolute atomic E-state index is 0. The van der Waals surface area contributed by atoms with Crippen molar-refractivity contribution in [2.45, 2.75) is 87.2 Å². The monoisotopic (exact) mass is 1000 g/mol. The highest BCUT2D eigenvalue weighted by Gasteiger charge is 2.26. The van der Waals surface area contributed by atoms with Crippen LogP contribution in [0.5, 0.6) is 34.5 Å². The number of benzene rings is 6. The van der Waals surface area contributed by atoms with Crippen molar-refractivity contribution < 1.29 is 57.2 Å². The molecule has 2 atom stereocenters. The normalized spacial score (nSPS) is 11.7. The lowest BCUT2D eigenvalue weighted by Crippen LogP contribution is -2.18. The zero-order valence-corrected chi connectivity index (χ0v) is 39.1. The van der Waals surface area contributed by atoms with Gasteiger partial charge in [0.05, 0.1) is 52.9 Å². The molecule has 0 saturated carbocycles. The molecule has 1 heterocycles. The highest BCUT2D eigenvalue weighted by atomic mass is 16.6. The highest BCUT2D eigenvalue weighted by molar-refractivity contribution is 5.94. The summed E-state index contributed by atoms with van der Waals surface area (Å²) in [6.07, 6.45) is 0.778. The molecule has 15 nitrogen and oxygen atoms in total. The molecular weight excluding hydrogens is 933 g/mol. The third-order valence-corrected chi connectivity index (χ3v) is 11.1. The number of oxime groups is 1. The quantitative estimate of drug-likeness (QED) is 0.0337. The second-order valence-electron chi connectivity index (χ2n) is 15.8. The Balaban J connectivity index is 0.000000474. The van der Waals surface area contributed by atoms with Gasteiger partial charge in [-0.2, -0.15) is 0 Å². The minimum atomic E-state index is -0.603. The molecule has 0 amide bonds. The molecule has 0 radical (unpaired) electrons. The van der Waals surface area contributed by atoms with Crippen molar-refractivity contribution in [1.29, 1.82) is 0 Å². The lowest BCUT2D eigenvalue weighted by atomic mass is 9.89. The van der Waals surface area contributed by atoms with Crippen LogP contribution in [0.2, 0.25) is 0 Å². The second kappa shape index (κ2) is 32.0. The van der Waals surface area contributed by atoms with E-state index in [1.54, 1.807) is 77.0 Å². The number of carbonyl (C=O) groups is 2. The van der Waals surface area contributed by atoms with Crippen LogP contribution < -0.4 is 28.4 Å². The summed E-state index contributed by atoms with van der Waals surface area (Å²) in [5.41, 5.74) is 6.22. The summed E-state index contributed by atoms with van der Waals surface area (Å²) >= 11 is 0. The largest absolute Gasteiger partial charge is 0.497 e. The third kappa shape index (κ3) is 19.9. The molecule has 6 aromatic rings. The molecule has 0 aromatic heterocycles. The molecule has 0 bridgehead atoms. The van der Waals surface area contributed by atoms with E-state index < -0.39 is 16.8 Å². The molecule has 0 saturated heterocycles. The second-order valence-corrected chi connectivity index (χ2v) is 15.8. The van der Waals surface area contributed by atoms with E-state index in [9.17, 15) is 19.7 Å². The van der Waals surface area contributed by atoms with Crippen LogP contribution in [0.4, 0.5) is 0 Å². The molecule has 0 N–H and O–H groups in total. The van der Waals surface area contributed by atoms with Crippen LogP contribution in [0.25, 0.3) is 0 Å². The van der Waals surface area contributed by atoms with Gasteiger partial charge in [0.1, 0.15) is 67.5 Å². The molecule has 1 aliphatic heterocycles. The number of nitrogens with zero attached hydrogens (tertiary/aromatic N) is 2. The maximum absolute atomic E-state index is 12.7. The Morgan fingerprint density at radius 3 is 1.19 bits per heavy atom. The molecule has 7 rings (SSSR count). The molecule has 73 heavy (non-hydrogen) atoms. The highest BCUT2D eigenvalue weighted by Crippen LogP contribution is 2.29. The Kier molecular flexibility index (Phi) is 26.8. The Hall–Kier alpha value is -8.07. The minimum Gasteiger partial charge on any atom is -0.497 e. The van der Waals surface area contributed by atoms with Gasteiger partial charge >= 0.3 is 11.9 Å². The fourth-order valence-electron chi connectivity index (χ4n) is 7.12. The Bertz CT molecular complexity index is 2550. The van der Waals surface area contributed by atoms with E-state index in [1.807, 2.05) is 97.1 Å². The maximum Gasteiger partial charge on any atom is 0.307 e. The van der Waals surface area contributed by atoms with Gasteiger partial charge < -0.3 is 42.7 Å². The summed E-state index contributed by atoms with van der Waals surface area (Å²) in [6.45, 7) is 1.27. The van der Waals surface area contributed by atoms with Crippen molar-refractivity contribution in [3.8, 4) is 34.5 Å². The van der Waals surface area contributed by atoms with Gasteiger partial charge in [-0.05, 0) is 106 Å². The lowest BCUT2D eigenvalue weighted by molar-refractivity contribution is -0.483. The fraction of sp³-hybridized carbons (Fsp3) is 0.328. The maximum atomic E-state index is 12.7. The van der Waals surface area contributed by atoms with Crippen molar-refractivity contribution in [3.63, 3.8) is 0 Å². The lowest BCUT2D eigenvalue weighted by Gasteiger charge is -2.17. The van der Waals surface area contributed by atoms with E-state index in [4.69, 9.17) is 42.7 Å². The zero-order chi connectivity index (χ0) is 48.8. The van der Waals surface area contributed by atoms with Crippen LogP contribution in [0, 0.1) is 10.1 Å². The molecule has 0 spiro atoms. The van der Waals surface area contributed by atoms with Gasteiger partial charge in [-0.3, -0.25) is 19.7 Å². The summed E-state index contributed by atoms with van der Waals surface area (Å²) in [7, 11) is 6.44. The summed E-state index contributed by atoms with van der Waals surface area (Å²) in [5.74, 6) is 2.82. The van der Waals surface area contributed by atoms with Gasteiger partial charge in [-0.1, -0.05) is 108 Å². The smallest absolute Gasteiger partial charge is 0.307 e. The number of esters is 2. The first-order chi connectivity index (χ1) is 33.6. The van der Waals surface area contributed by atoms with E-state index in [2.05, 4.69) is 5.16 Å². The average Bonchev–Trinajstić information content (AvgIpc) is 3.94. The van der Waals surface area contributed by atoms with Gasteiger partial charge in [-0.25, -0.2) is 0 Å². The summed E-state index contributed by atoms with van der Waals surface area (Å²) in [4.78, 5) is 41.0. The van der Waals surface area contributed by atoms with Gasteiger partial charge in [-0.15, -0.1) is 0 Å². The van der Waals surface area contributed by atoms with E-state index in [0.29, 0.717) is 43.3 Å².